The molecule has 1 aromatic heterocycles. The number of carbonyl (C=O) groups excluding carboxylic acids is 1. The molecule has 162 valence electrons. The molecule has 3 nitrogen and oxygen atoms in total. The molecule has 1 atom stereocenters. The molecule has 0 radical (unpaired) electrons. The van der Waals surface area contributed by atoms with Crippen LogP contribution in [0.1, 0.15) is 29.5 Å². The van der Waals surface area contributed by atoms with Crippen molar-refractivity contribution in [3.63, 3.8) is 0 Å². The van der Waals surface area contributed by atoms with Crippen molar-refractivity contribution in [1.29, 1.82) is 0 Å². The van der Waals surface area contributed by atoms with Crippen LogP contribution in [0.3, 0.4) is 0 Å². The summed E-state index contributed by atoms with van der Waals surface area (Å²) in [6.45, 7) is 0.533. The largest absolute Gasteiger partial charge is 0.352 e. The molecule has 1 saturated carbocycles. The van der Waals surface area contributed by atoms with E-state index in [0.717, 1.165) is 23.1 Å². The van der Waals surface area contributed by atoms with E-state index >= 15 is 0 Å². The van der Waals surface area contributed by atoms with Crippen LogP contribution in [-0.4, -0.2) is 17.4 Å². The molecule has 2 aromatic carbocycles. The van der Waals surface area contributed by atoms with Crippen molar-refractivity contribution in [2.45, 2.75) is 18.3 Å². The predicted octanol–water partition coefficient (Wildman–Crippen LogP) is 5.44. The Kier molecular flexibility index (Phi) is 6.55. The van der Waals surface area contributed by atoms with Gasteiger partial charge >= 0.3 is 0 Å². The van der Waals surface area contributed by atoms with Crippen molar-refractivity contribution < 1.29 is 13.6 Å². The van der Waals surface area contributed by atoms with Crippen LogP contribution in [0.2, 0.25) is 0 Å². The normalized spacial score (nSPS) is 17.0. The summed E-state index contributed by atoms with van der Waals surface area (Å²) in [5.74, 6) is -0.672. The number of allylic oxidation sites excluding steroid dienone is 1. The molecule has 4 rings (SSSR count). The minimum absolute atomic E-state index is 0.0784. The van der Waals surface area contributed by atoms with Gasteiger partial charge in [0, 0.05) is 24.4 Å². The van der Waals surface area contributed by atoms with Gasteiger partial charge in [0.25, 0.3) is 0 Å². The molecular formula is C27H24F2N2O. The van der Waals surface area contributed by atoms with Gasteiger partial charge < -0.3 is 5.32 Å². The average molecular weight is 430 g/mol. The summed E-state index contributed by atoms with van der Waals surface area (Å²) in [6, 6.07) is 16.6. The van der Waals surface area contributed by atoms with Crippen LogP contribution >= 0.6 is 0 Å². The van der Waals surface area contributed by atoms with Gasteiger partial charge in [0.05, 0.1) is 0 Å². The second kappa shape index (κ2) is 9.69. The molecule has 1 heterocycles. The van der Waals surface area contributed by atoms with E-state index in [9.17, 15) is 13.6 Å². The van der Waals surface area contributed by atoms with Crippen LogP contribution in [0.4, 0.5) is 8.78 Å². The lowest BCUT2D eigenvalue weighted by molar-refractivity contribution is -0.116. The lowest BCUT2D eigenvalue weighted by Gasteiger charge is -2.18. The van der Waals surface area contributed by atoms with Gasteiger partial charge in [0.15, 0.2) is 0 Å². The first-order valence-corrected chi connectivity index (χ1v) is 10.6. The molecule has 1 aliphatic rings. The Bertz CT molecular complexity index is 1060. The number of aromatic nitrogens is 1. The highest BCUT2D eigenvalue weighted by molar-refractivity contribution is 5.87. The maximum Gasteiger partial charge on any atom is 0.243 e. The zero-order valence-corrected chi connectivity index (χ0v) is 17.5. The van der Waals surface area contributed by atoms with Crippen molar-refractivity contribution in [3.8, 4) is 0 Å². The average Bonchev–Trinajstić information content (AvgIpc) is 3.54. The maximum atomic E-state index is 13.4. The Labute approximate surface area is 186 Å². The number of hydrogen-bond donors (Lipinski definition) is 1. The molecule has 0 unspecified atom stereocenters. The SMILES string of the molecule is O=C(C=C[C@@H]1CC1(c1ccc(F)cc1)c1ccc(F)cc1)NCCC=Cc1cccnc1. The lowest BCUT2D eigenvalue weighted by atomic mass is 9.85. The number of rotatable bonds is 8. The Morgan fingerprint density at radius 2 is 1.69 bits per heavy atom. The van der Waals surface area contributed by atoms with Crippen molar-refractivity contribution in [2.24, 2.45) is 5.92 Å². The van der Waals surface area contributed by atoms with Gasteiger partial charge in [-0.15, -0.1) is 0 Å². The molecule has 0 bridgehead atoms. The molecule has 1 amide bonds. The van der Waals surface area contributed by atoms with E-state index in [2.05, 4.69) is 10.3 Å². The van der Waals surface area contributed by atoms with E-state index in [1.807, 2.05) is 30.4 Å². The van der Waals surface area contributed by atoms with Crippen LogP contribution in [0.15, 0.2) is 91.3 Å². The molecular weight excluding hydrogens is 406 g/mol. The molecule has 1 fully saturated rings. The van der Waals surface area contributed by atoms with E-state index in [1.165, 1.54) is 24.3 Å². The van der Waals surface area contributed by atoms with Crippen molar-refractivity contribution >= 4 is 12.0 Å². The fraction of sp³-hybridized carbons (Fsp3) is 0.185. The summed E-state index contributed by atoms with van der Waals surface area (Å²) in [5, 5.41) is 2.88. The van der Waals surface area contributed by atoms with Gasteiger partial charge in [-0.1, -0.05) is 48.6 Å². The number of halogens is 2. The zero-order chi connectivity index (χ0) is 22.4. The number of pyridine rings is 1. The zero-order valence-electron chi connectivity index (χ0n) is 17.5. The Morgan fingerprint density at radius 3 is 2.28 bits per heavy atom. The third-order valence-corrected chi connectivity index (χ3v) is 5.82. The smallest absolute Gasteiger partial charge is 0.243 e. The maximum absolute atomic E-state index is 13.4. The summed E-state index contributed by atoms with van der Waals surface area (Å²) in [4.78, 5) is 16.3. The minimum atomic E-state index is -0.370. The Hall–Kier alpha value is -3.60. The second-order valence-corrected chi connectivity index (χ2v) is 7.92. The van der Waals surface area contributed by atoms with Gasteiger partial charge in [-0.05, 0) is 71.9 Å². The molecule has 0 spiro atoms. The topological polar surface area (TPSA) is 42.0 Å². The summed E-state index contributed by atoms with van der Waals surface area (Å²) < 4.78 is 26.9. The number of benzene rings is 2. The van der Waals surface area contributed by atoms with Crippen LogP contribution in [0.5, 0.6) is 0 Å². The monoisotopic (exact) mass is 430 g/mol. The number of hydrogen-bond acceptors (Lipinski definition) is 2. The number of amides is 1. The van der Waals surface area contributed by atoms with Crippen LogP contribution in [0, 0.1) is 17.6 Å². The molecule has 3 aromatic rings. The van der Waals surface area contributed by atoms with Crippen molar-refractivity contribution in [1.82, 2.24) is 10.3 Å². The van der Waals surface area contributed by atoms with Gasteiger partial charge in [0.2, 0.25) is 5.91 Å². The molecule has 1 N–H and O–H groups in total. The summed E-state index contributed by atoms with van der Waals surface area (Å²) in [6.07, 6.45) is 12.4. The summed E-state index contributed by atoms with van der Waals surface area (Å²) >= 11 is 0. The van der Waals surface area contributed by atoms with Gasteiger partial charge in [-0.2, -0.15) is 0 Å². The van der Waals surface area contributed by atoms with Gasteiger partial charge in [-0.3, -0.25) is 9.78 Å². The minimum Gasteiger partial charge on any atom is -0.352 e. The lowest BCUT2D eigenvalue weighted by Crippen LogP contribution is -2.21. The molecule has 0 aliphatic heterocycles. The first kappa shape index (κ1) is 21.6. The van der Waals surface area contributed by atoms with Crippen LogP contribution in [-0.2, 0) is 10.2 Å². The fourth-order valence-corrected chi connectivity index (χ4v) is 4.08. The van der Waals surface area contributed by atoms with Gasteiger partial charge in [-0.25, -0.2) is 8.78 Å². The van der Waals surface area contributed by atoms with E-state index in [-0.39, 0.29) is 28.9 Å². The second-order valence-electron chi connectivity index (χ2n) is 7.92. The third-order valence-electron chi connectivity index (χ3n) is 5.82. The quantitative estimate of drug-likeness (QED) is 0.382. The molecule has 32 heavy (non-hydrogen) atoms. The summed E-state index contributed by atoms with van der Waals surface area (Å²) in [5.41, 5.74) is 2.57. The number of carbonyl (C=O) groups is 1. The number of nitrogens with zero attached hydrogens (tertiary/aromatic N) is 1. The first-order valence-electron chi connectivity index (χ1n) is 10.6. The van der Waals surface area contributed by atoms with Gasteiger partial charge in [0.1, 0.15) is 11.6 Å². The van der Waals surface area contributed by atoms with Crippen molar-refractivity contribution in [3.05, 3.63) is 120 Å². The fourth-order valence-electron chi connectivity index (χ4n) is 4.08. The van der Waals surface area contributed by atoms with Crippen molar-refractivity contribution in [2.75, 3.05) is 6.54 Å². The predicted molar refractivity (Wildman–Crippen MR) is 122 cm³/mol. The molecule has 0 saturated heterocycles. The molecule has 1 aliphatic carbocycles. The van der Waals surface area contributed by atoms with Crippen LogP contribution in [0.25, 0.3) is 6.08 Å². The molecule has 5 heteroatoms. The Balaban J connectivity index is 1.37. The highest BCUT2D eigenvalue weighted by atomic mass is 19.1. The van der Waals surface area contributed by atoms with E-state index in [4.69, 9.17) is 0 Å². The van der Waals surface area contributed by atoms with E-state index in [1.54, 1.807) is 42.7 Å². The first-order chi connectivity index (χ1) is 15.6. The highest BCUT2D eigenvalue weighted by Gasteiger charge is 2.55. The summed E-state index contributed by atoms with van der Waals surface area (Å²) in [7, 11) is 0. The standard InChI is InChI=1S/C27H24F2N2O/c28-24-11-6-21(7-12-24)27(22-8-13-25(29)14-9-22)18-23(27)10-15-26(32)31-17-2-1-4-20-5-3-16-30-19-20/h1,3-16,19,23H,2,17-18H2,(H,31,32)/t23-/m1/s1. The third kappa shape index (κ3) is 4.99. The Morgan fingerprint density at radius 1 is 1.03 bits per heavy atom. The highest BCUT2D eigenvalue weighted by Crippen LogP contribution is 2.59. The van der Waals surface area contributed by atoms with Crippen LogP contribution < -0.4 is 5.32 Å². The number of nitrogens with one attached hydrogen (secondary N) is 1. The van der Waals surface area contributed by atoms with E-state index in [0.29, 0.717) is 13.0 Å². The van der Waals surface area contributed by atoms with E-state index < -0.39 is 0 Å².